The third-order valence-electron chi connectivity index (χ3n) is 5.13. The van der Waals surface area contributed by atoms with Gasteiger partial charge in [-0.05, 0) is 42.0 Å². The Kier molecular flexibility index (Phi) is 6.15. The van der Waals surface area contributed by atoms with Crippen LogP contribution in [-0.2, 0) is 19.1 Å². The molecule has 1 amide bonds. The highest BCUT2D eigenvalue weighted by molar-refractivity contribution is 6.30. The maximum absolute atomic E-state index is 13.3. The standard InChI is InChI=1S/C22H28ClNO4/c1-14(2)13-18(19-21(26)28-22(3,4)27-19)20(25)24-11-9-16(10-12-24)15-5-7-17(23)8-6-15/h5-9,14,18-19H,10-13H2,1-4H3/t18-,19+/m0/s1. The summed E-state index contributed by atoms with van der Waals surface area (Å²) >= 11 is 5.96. The number of hydrogen-bond acceptors (Lipinski definition) is 4. The zero-order valence-corrected chi connectivity index (χ0v) is 17.7. The average Bonchev–Trinajstić information content (AvgIpc) is 2.92. The maximum atomic E-state index is 13.3. The number of cyclic esters (lactones) is 1. The minimum atomic E-state index is -0.985. The van der Waals surface area contributed by atoms with Gasteiger partial charge in [-0.2, -0.15) is 0 Å². The lowest BCUT2D eigenvalue weighted by Crippen LogP contribution is -2.45. The molecule has 0 aliphatic carbocycles. The van der Waals surface area contributed by atoms with E-state index in [9.17, 15) is 9.59 Å². The lowest BCUT2D eigenvalue weighted by atomic mass is 9.89. The van der Waals surface area contributed by atoms with Gasteiger partial charge in [-0.15, -0.1) is 0 Å². The van der Waals surface area contributed by atoms with Crippen LogP contribution in [0.25, 0.3) is 5.57 Å². The predicted octanol–water partition coefficient (Wildman–Crippen LogP) is 4.30. The van der Waals surface area contributed by atoms with Crippen LogP contribution in [0.4, 0.5) is 0 Å². The first kappa shape index (κ1) is 20.9. The van der Waals surface area contributed by atoms with E-state index in [1.54, 1.807) is 13.8 Å². The molecule has 28 heavy (non-hydrogen) atoms. The number of hydrogen-bond donors (Lipinski definition) is 0. The van der Waals surface area contributed by atoms with Crippen molar-refractivity contribution >= 4 is 29.1 Å². The molecule has 6 heteroatoms. The SMILES string of the molecule is CC(C)C[C@H](C(=O)N1CC=C(c2ccc(Cl)cc2)CC1)[C@H]1OC(C)(C)OC1=O. The van der Waals surface area contributed by atoms with Gasteiger partial charge >= 0.3 is 5.97 Å². The molecule has 5 nitrogen and oxygen atoms in total. The fraction of sp³-hybridized carbons (Fsp3) is 0.545. The topological polar surface area (TPSA) is 55.8 Å². The van der Waals surface area contributed by atoms with Crippen LogP contribution < -0.4 is 0 Å². The van der Waals surface area contributed by atoms with Crippen LogP contribution in [0.3, 0.4) is 0 Å². The van der Waals surface area contributed by atoms with Crippen LogP contribution in [0.15, 0.2) is 30.3 Å². The Labute approximate surface area is 171 Å². The second-order valence-electron chi connectivity index (χ2n) is 8.37. The van der Waals surface area contributed by atoms with Crippen LogP contribution in [0.5, 0.6) is 0 Å². The minimum absolute atomic E-state index is 0.0419. The first-order valence-corrected chi connectivity index (χ1v) is 10.2. The van der Waals surface area contributed by atoms with E-state index in [2.05, 4.69) is 6.08 Å². The van der Waals surface area contributed by atoms with Gasteiger partial charge < -0.3 is 14.4 Å². The number of carbonyl (C=O) groups excluding carboxylic acids is 2. The molecular weight excluding hydrogens is 378 g/mol. The third kappa shape index (κ3) is 4.76. The van der Waals surface area contributed by atoms with E-state index < -0.39 is 23.8 Å². The van der Waals surface area contributed by atoms with Crippen molar-refractivity contribution in [2.24, 2.45) is 11.8 Å². The van der Waals surface area contributed by atoms with Gasteiger partial charge in [0.05, 0.1) is 5.92 Å². The molecular formula is C22H28ClNO4. The summed E-state index contributed by atoms with van der Waals surface area (Å²) in [5.41, 5.74) is 2.33. The van der Waals surface area contributed by atoms with Crippen LogP contribution >= 0.6 is 11.6 Å². The molecule has 1 aromatic carbocycles. The van der Waals surface area contributed by atoms with E-state index in [0.717, 1.165) is 12.0 Å². The van der Waals surface area contributed by atoms with E-state index in [1.165, 1.54) is 5.57 Å². The van der Waals surface area contributed by atoms with Gasteiger partial charge in [0, 0.05) is 32.0 Å². The Morgan fingerprint density at radius 2 is 1.96 bits per heavy atom. The summed E-state index contributed by atoms with van der Waals surface area (Å²) in [7, 11) is 0. The molecule has 3 rings (SSSR count). The van der Waals surface area contributed by atoms with E-state index in [1.807, 2.05) is 43.0 Å². The smallest absolute Gasteiger partial charge is 0.338 e. The number of ether oxygens (including phenoxy) is 2. The summed E-state index contributed by atoms with van der Waals surface area (Å²) in [6.45, 7) is 8.62. The van der Waals surface area contributed by atoms with Crippen molar-refractivity contribution in [3.63, 3.8) is 0 Å². The fourth-order valence-electron chi connectivity index (χ4n) is 3.82. The third-order valence-corrected chi connectivity index (χ3v) is 5.39. The Bertz CT molecular complexity index is 769. The lowest BCUT2D eigenvalue weighted by Gasteiger charge is -2.32. The Hall–Kier alpha value is -1.85. The monoisotopic (exact) mass is 405 g/mol. The van der Waals surface area contributed by atoms with E-state index >= 15 is 0 Å². The molecule has 0 N–H and O–H groups in total. The van der Waals surface area contributed by atoms with Gasteiger partial charge in [-0.3, -0.25) is 4.79 Å². The number of rotatable bonds is 5. The highest BCUT2D eigenvalue weighted by Gasteiger charge is 2.48. The first-order chi connectivity index (χ1) is 13.2. The summed E-state index contributed by atoms with van der Waals surface area (Å²) in [6, 6.07) is 7.74. The number of amides is 1. The average molecular weight is 406 g/mol. The van der Waals surface area contributed by atoms with Gasteiger partial charge in [-0.1, -0.05) is 43.7 Å². The van der Waals surface area contributed by atoms with Crippen molar-refractivity contribution in [3.8, 4) is 0 Å². The molecule has 0 unspecified atom stereocenters. The molecule has 1 aromatic rings. The summed E-state index contributed by atoms with van der Waals surface area (Å²) in [5.74, 6) is -1.74. The quantitative estimate of drug-likeness (QED) is 0.685. The Balaban J connectivity index is 1.73. The van der Waals surface area contributed by atoms with E-state index in [4.69, 9.17) is 21.1 Å². The number of halogens is 1. The summed E-state index contributed by atoms with van der Waals surface area (Å²) < 4.78 is 11.1. The first-order valence-electron chi connectivity index (χ1n) is 9.81. The molecule has 0 saturated carbocycles. The molecule has 0 spiro atoms. The van der Waals surface area contributed by atoms with Gasteiger partial charge in [0.15, 0.2) is 6.10 Å². The van der Waals surface area contributed by atoms with E-state index in [0.29, 0.717) is 24.5 Å². The maximum Gasteiger partial charge on any atom is 0.338 e. The molecule has 1 saturated heterocycles. The summed E-state index contributed by atoms with van der Waals surface area (Å²) in [4.78, 5) is 27.4. The van der Waals surface area contributed by atoms with Crippen molar-refractivity contribution in [2.75, 3.05) is 13.1 Å². The van der Waals surface area contributed by atoms with Gasteiger partial charge in [-0.25, -0.2) is 4.79 Å². The number of esters is 1. The fourth-order valence-corrected chi connectivity index (χ4v) is 3.94. The molecule has 0 radical (unpaired) electrons. The van der Waals surface area contributed by atoms with Gasteiger partial charge in [0.1, 0.15) is 0 Å². The van der Waals surface area contributed by atoms with Gasteiger partial charge in [0.25, 0.3) is 0 Å². The number of nitrogens with zero attached hydrogens (tertiary/aromatic N) is 1. The molecule has 2 aliphatic heterocycles. The normalized spacial score (nSPS) is 22.8. The van der Waals surface area contributed by atoms with Gasteiger partial charge in [0.2, 0.25) is 11.7 Å². The second kappa shape index (κ2) is 8.26. The largest absolute Gasteiger partial charge is 0.432 e. The highest BCUT2D eigenvalue weighted by atomic mass is 35.5. The zero-order valence-electron chi connectivity index (χ0n) is 16.9. The molecule has 2 aliphatic rings. The minimum Gasteiger partial charge on any atom is -0.432 e. The molecule has 2 heterocycles. The van der Waals surface area contributed by atoms with Crippen LogP contribution in [-0.4, -0.2) is 41.8 Å². The zero-order chi connectivity index (χ0) is 20.5. The van der Waals surface area contributed by atoms with Crippen molar-refractivity contribution in [2.45, 2.75) is 52.4 Å². The van der Waals surface area contributed by atoms with Crippen LogP contribution in [0.1, 0.15) is 46.1 Å². The lowest BCUT2D eigenvalue weighted by molar-refractivity contribution is -0.163. The molecule has 1 fully saturated rings. The molecule has 2 atom stereocenters. The van der Waals surface area contributed by atoms with E-state index in [-0.39, 0.29) is 11.8 Å². The Morgan fingerprint density at radius 1 is 1.29 bits per heavy atom. The molecule has 0 bridgehead atoms. The second-order valence-corrected chi connectivity index (χ2v) is 8.80. The van der Waals surface area contributed by atoms with Crippen molar-refractivity contribution in [1.29, 1.82) is 0 Å². The number of carbonyl (C=O) groups is 2. The Morgan fingerprint density at radius 3 is 2.46 bits per heavy atom. The summed E-state index contributed by atoms with van der Waals surface area (Å²) in [6.07, 6.45) is 2.59. The van der Waals surface area contributed by atoms with Crippen LogP contribution in [0.2, 0.25) is 5.02 Å². The van der Waals surface area contributed by atoms with Crippen molar-refractivity contribution in [1.82, 2.24) is 4.90 Å². The van der Waals surface area contributed by atoms with Crippen molar-refractivity contribution < 1.29 is 19.1 Å². The summed E-state index contributed by atoms with van der Waals surface area (Å²) in [5, 5.41) is 0.708. The van der Waals surface area contributed by atoms with Crippen LogP contribution in [0, 0.1) is 11.8 Å². The molecule has 0 aromatic heterocycles. The predicted molar refractivity (Wildman–Crippen MR) is 109 cm³/mol. The highest BCUT2D eigenvalue weighted by Crippen LogP contribution is 2.33. The van der Waals surface area contributed by atoms with Crippen molar-refractivity contribution in [3.05, 3.63) is 40.9 Å². The molecule has 152 valence electrons. The number of benzene rings is 1.